The predicted molar refractivity (Wildman–Crippen MR) is 77.4 cm³/mol. The number of ether oxygens (including phenoxy) is 1. The molecule has 1 atom stereocenters. The summed E-state index contributed by atoms with van der Waals surface area (Å²) in [6.45, 7) is 7.99. The molecule has 0 fully saturated rings. The summed E-state index contributed by atoms with van der Waals surface area (Å²) in [5, 5.41) is 3.44. The number of benzene rings is 1. The van der Waals surface area contributed by atoms with Gasteiger partial charge >= 0.3 is 0 Å². The SMILES string of the molecule is CC/C=C(\CC)NCC(C)OCc1ccccc1. The first-order valence-electron chi connectivity index (χ1n) is 6.84. The van der Waals surface area contributed by atoms with Crippen molar-refractivity contribution < 1.29 is 4.74 Å². The maximum atomic E-state index is 5.81. The molecule has 1 aromatic rings. The quantitative estimate of drug-likeness (QED) is 0.752. The van der Waals surface area contributed by atoms with E-state index < -0.39 is 0 Å². The first-order valence-corrected chi connectivity index (χ1v) is 6.84. The van der Waals surface area contributed by atoms with E-state index >= 15 is 0 Å². The van der Waals surface area contributed by atoms with Gasteiger partial charge in [-0.05, 0) is 25.3 Å². The van der Waals surface area contributed by atoms with E-state index in [9.17, 15) is 0 Å². The summed E-state index contributed by atoms with van der Waals surface area (Å²) in [4.78, 5) is 0. The van der Waals surface area contributed by atoms with E-state index in [1.54, 1.807) is 0 Å². The first-order chi connectivity index (χ1) is 8.76. The summed E-state index contributed by atoms with van der Waals surface area (Å²) in [5.41, 5.74) is 2.54. The van der Waals surface area contributed by atoms with Gasteiger partial charge in [0.25, 0.3) is 0 Å². The zero-order valence-corrected chi connectivity index (χ0v) is 11.8. The van der Waals surface area contributed by atoms with Gasteiger partial charge < -0.3 is 10.1 Å². The Hall–Kier alpha value is -1.28. The van der Waals surface area contributed by atoms with Crippen LogP contribution in [0, 0.1) is 0 Å². The summed E-state index contributed by atoms with van der Waals surface area (Å²) < 4.78 is 5.81. The van der Waals surface area contributed by atoms with Crippen LogP contribution in [-0.2, 0) is 11.3 Å². The van der Waals surface area contributed by atoms with Gasteiger partial charge in [0.05, 0.1) is 12.7 Å². The minimum atomic E-state index is 0.219. The summed E-state index contributed by atoms with van der Waals surface area (Å²) >= 11 is 0. The molecule has 0 amide bonds. The number of hydrogen-bond donors (Lipinski definition) is 1. The zero-order valence-electron chi connectivity index (χ0n) is 11.8. The highest BCUT2D eigenvalue weighted by Crippen LogP contribution is 2.04. The topological polar surface area (TPSA) is 21.3 Å². The van der Waals surface area contributed by atoms with Gasteiger partial charge in [-0.2, -0.15) is 0 Å². The fraction of sp³-hybridized carbons (Fsp3) is 0.500. The molecule has 1 aromatic carbocycles. The third kappa shape index (κ3) is 5.87. The molecule has 0 radical (unpaired) electrons. The molecule has 0 saturated heterocycles. The highest BCUT2D eigenvalue weighted by Gasteiger charge is 2.03. The monoisotopic (exact) mass is 247 g/mol. The smallest absolute Gasteiger partial charge is 0.0723 e. The van der Waals surface area contributed by atoms with Gasteiger partial charge in [0.1, 0.15) is 0 Å². The van der Waals surface area contributed by atoms with Crippen molar-refractivity contribution in [3.05, 3.63) is 47.7 Å². The van der Waals surface area contributed by atoms with Crippen molar-refractivity contribution in [1.29, 1.82) is 0 Å². The lowest BCUT2D eigenvalue weighted by atomic mass is 10.2. The van der Waals surface area contributed by atoms with Crippen molar-refractivity contribution >= 4 is 0 Å². The molecule has 0 heterocycles. The van der Waals surface area contributed by atoms with Gasteiger partial charge in [0.15, 0.2) is 0 Å². The van der Waals surface area contributed by atoms with Crippen molar-refractivity contribution in [2.45, 2.75) is 46.3 Å². The molecule has 1 N–H and O–H groups in total. The lowest BCUT2D eigenvalue weighted by Crippen LogP contribution is -2.26. The molecule has 1 unspecified atom stereocenters. The van der Waals surface area contributed by atoms with Crippen molar-refractivity contribution in [2.75, 3.05) is 6.54 Å². The van der Waals surface area contributed by atoms with Crippen LogP contribution < -0.4 is 5.32 Å². The Labute approximate surface area is 111 Å². The van der Waals surface area contributed by atoms with Crippen LogP contribution >= 0.6 is 0 Å². The van der Waals surface area contributed by atoms with Gasteiger partial charge in [0.2, 0.25) is 0 Å². The van der Waals surface area contributed by atoms with Crippen molar-refractivity contribution in [3.8, 4) is 0 Å². The van der Waals surface area contributed by atoms with Crippen LogP contribution in [0.15, 0.2) is 42.1 Å². The third-order valence-electron chi connectivity index (χ3n) is 2.83. The Morgan fingerprint density at radius 2 is 2.00 bits per heavy atom. The van der Waals surface area contributed by atoms with Gasteiger partial charge in [-0.25, -0.2) is 0 Å². The molecule has 100 valence electrons. The average molecular weight is 247 g/mol. The molecular formula is C16H25NO. The van der Waals surface area contributed by atoms with Crippen molar-refractivity contribution in [1.82, 2.24) is 5.32 Å². The zero-order chi connectivity index (χ0) is 13.2. The van der Waals surface area contributed by atoms with E-state index in [1.165, 1.54) is 11.3 Å². The second-order valence-electron chi connectivity index (χ2n) is 4.48. The largest absolute Gasteiger partial charge is 0.386 e. The Kier molecular flexibility index (Phi) is 7.19. The molecular weight excluding hydrogens is 222 g/mol. The summed E-state index contributed by atoms with van der Waals surface area (Å²) in [5.74, 6) is 0. The van der Waals surface area contributed by atoms with Crippen LogP contribution in [0.25, 0.3) is 0 Å². The normalized spacial score (nSPS) is 13.4. The predicted octanol–water partition coefficient (Wildman–Crippen LogP) is 3.89. The Morgan fingerprint density at radius 3 is 2.61 bits per heavy atom. The Morgan fingerprint density at radius 1 is 1.28 bits per heavy atom. The molecule has 0 aliphatic carbocycles. The highest BCUT2D eigenvalue weighted by atomic mass is 16.5. The number of rotatable bonds is 8. The third-order valence-corrected chi connectivity index (χ3v) is 2.83. The second kappa shape index (κ2) is 8.76. The number of nitrogens with one attached hydrogen (secondary N) is 1. The van der Waals surface area contributed by atoms with E-state index in [0.717, 1.165) is 19.4 Å². The fourth-order valence-corrected chi connectivity index (χ4v) is 1.73. The summed E-state index contributed by atoms with van der Waals surface area (Å²) in [6.07, 6.45) is 4.59. The standard InChI is InChI=1S/C16H25NO/c1-4-9-16(5-2)17-12-14(3)18-13-15-10-7-6-8-11-15/h6-11,14,17H,4-5,12-13H2,1-3H3/b16-9+. The molecule has 2 nitrogen and oxygen atoms in total. The van der Waals surface area contributed by atoms with Crippen LogP contribution in [0.2, 0.25) is 0 Å². The molecule has 0 aromatic heterocycles. The maximum absolute atomic E-state index is 5.81. The molecule has 0 bridgehead atoms. The van der Waals surface area contributed by atoms with E-state index in [1.807, 2.05) is 18.2 Å². The molecule has 2 heteroatoms. The molecule has 0 saturated carbocycles. The van der Waals surface area contributed by atoms with Crippen LogP contribution in [-0.4, -0.2) is 12.6 Å². The first kappa shape index (κ1) is 14.8. The molecule has 0 spiro atoms. The van der Waals surface area contributed by atoms with E-state index in [4.69, 9.17) is 4.74 Å². The van der Waals surface area contributed by atoms with E-state index in [2.05, 4.69) is 44.3 Å². The van der Waals surface area contributed by atoms with Gasteiger partial charge in [-0.1, -0.05) is 50.3 Å². The summed E-state index contributed by atoms with van der Waals surface area (Å²) in [6, 6.07) is 10.3. The fourth-order valence-electron chi connectivity index (χ4n) is 1.73. The van der Waals surface area contributed by atoms with Crippen LogP contribution in [0.5, 0.6) is 0 Å². The lowest BCUT2D eigenvalue weighted by molar-refractivity contribution is 0.0546. The second-order valence-corrected chi connectivity index (χ2v) is 4.48. The van der Waals surface area contributed by atoms with Crippen LogP contribution in [0.1, 0.15) is 39.2 Å². The minimum absolute atomic E-state index is 0.219. The van der Waals surface area contributed by atoms with Gasteiger partial charge in [0, 0.05) is 12.2 Å². The number of hydrogen-bond acceptors (Lipinski definition) is 2. The van der Waals surface area contributed by atoms with Crippen molar-refractivity contribution in [3.63, 3.8) is 0 Å². The molecule has 0 aliphatic rings. The highest BCUT2D eigenvalue weighted by molar-refractivity contribution is 5.13. The average Bonchev–Trinajstić information content (AvgIpc) is 2.42. The van der Waals surface area contributed by atoms with Gasteiger partial charge in [-0.15, -0.1) is 0 Å². The molecule has 18 heavy (non-hydrogen) atoms. The summed E-state index contributed by atoms with van der Waals surface area (Å²) in [7, 11) is 0. The lowest BCUT2D eigenvalue weighted by Gasteiger charge is -2.16. The van der Waals surface area contributed by atoms with E-state index in [-0.39, 0.29) is 6.10 Å². The maximum Gasteiger partial charge on any atom is 0.0723 e. The Balaban J connectivity index is 2.25. The number of allylic oxidation sites excluding steroid dienone is 2. The van der Waals surface area contributed by atoms with Gasteiger partial charge in [-0.3, -0.25) is 0 Å². The van der Waals surface area contributed by atoms with Crippen molar-refractivity contribution in [2.24, 2.45) is 0 Å². The molecule has 1 rings (SSSR count). The van der Waals surface area contributed by atoms with Crippen LogP contribution in [0.4, 0.5) is 0 Å². The minimum Gasteiger partial charge on any atom is -0.386 e. The molecule has 0 aliphatic heterocycles. The Bertz CT molecular complexity index is 345. The van der Waals surface area contributed by atoms with E-state index in [0.29, 0.717) is 6.61 Å². The van der Waals surface area contributed by atoms with Crippen LogP contribution in [0.3, 0.4) is 0 Å².